The van der Waals surface area contributed by atoms with Gasteiger partial charge in [-0.25, -0.2) is 0 Å². The minimum atomic E-state index is -4.26. The Balaban J connectivity index is 2.11. The predicted octanol–water partition coefficient (Wildman–Crippen LogP) is 3.38. The quantitative estimate of drug-likeness (QED) is 0.846. The Morgan fingerprint density at radius 3 is 2.59 bits per heavy atom. The zero-order chi connectivity index (χ0) is 12.5. The fraction of sp³-hybridized carbons (Fsp3) is 0.538. The van der Waals surface area contributed by atoms with E-state index in [9.17, 15) is 13.2 Å². The van der Waals surface area contributed by atoms with Gasteiger partial charge in [0.15, 0.2) is 0 Å². The van der Waals surface area contributed by atoms with E-state index in [-0.39, 0.29) is 6.04 Å². The van der Waals surface area contributed by atoms with Crippen LogP contribution >= 0.6 is 0 Å². The molecule has 1 aliphatic rings. The lowest BCUT2D eigenvalue weighted by molar-refractivity contribution is -0.137. The van der Waals surface area contributed by atoms with E-state index in [1.54, 1.807) is 6.07 Å². The predicted molar refractivity (Wildman–Crippen MR) is 60.5 cm³/mol. The highest BCUT2D eigenvalue weighted by Crippen LogP contribution is 2.32. The average Bonchev–Trinajstić information content (AvgIpc) is 2.64. The molecule has 0 heterocycles. The third-order valence-electron chi connectivity index (χ3n) is 3.47. The Morgan fingerprint density at radius 1 is 1.24 bits per heavy atom. The molecule has 4 heteroatoms. The van der Waals surface area contributed by atoms with Crippen LogP contribution in [0.5, 0.6) is 0 Å². The Labute approximate surface area is 98.8 Å². The summed E-state index contributed by atoms with van der Waals surface area (Å²) in [5, 5.41) is 0. The fourth-order valence-corrected chi connectivity index (χ4v) is 2.50. The average molecular weight is 243 g/mol. The molecule has 0 saturated heterocycles. The second-order valence-electron chi connectivity index (χ2n) is 4.76. The lowest BCUT2D eigenvalue weighted by Crippen LogP contribution is -2.25. The van der Waals surface area contributed by atoms with Crippen molar-refractivity contribution in [1.29, 1.82) is 0 Å². The van der Waals surface area contributed by atoms with Gasteiger partial charge < -0.3 is 5.73 Å². The van der Waals surface area contributed by atoms with Gasteiger partial charge >= 0.3 is 6.18 Å². The van der Waals surface area contributed by atoms with Gasteiger partial charge in [0.05, 0.1) is 5.56 Å². The number of hydrogen-bond donors (Lipinski definition) is 1. The van der Waals surface area contributed by atoms with Crippen LogP contribution in [0.2, 0.25) is 0 Å². The summed E-state index contributed by atoms with van der Waals surface area (Å²) in [5.74, 6) is 0.332. The molecule has 0 amide bonds. The lowest BCUT2D eigenvalue weighted by atomic mass is 9.94. The molecule has 94 valence electrons. The van der Waals surface area contributed by atoms with Crippen LogP contribution in [0, 0.1) is 5.92 Å². The van der Waals surface area contributed by atoms with Crippen molar-refractivity contribution in [1.82, 2.24) is 0 Å². The van der Waals surface area contributed by atoms with Gasteiger partial charge in [-0.1, -0.05) is 24.6 Å². The SMILES string of the molecule is NC1CCCC1Cc1cccc(C(F)(F)F)c1. The van der Waals surface area contributed by atoms with Crippen molar-refractivity contribution in [2.24, 2.45) is 11.7 Å². The first kappa shape index (κ1) is 12.4. The minimum absolute atomic E-state index is 0.143. The maximum atomic E-state index is 12.5. The molecule has 2 rings (SSSR count). The molecule has 1 aromatic carbocycles. The van der Waals surface area contributed by atoms with E-state index in [0.29, 0.717) is 12.3 Å². The van der Waals surface area contributed by atoms with Gasteiger partial charge in [-0.3, -0.25) is 0 Å². The first-order chi connectivity index (χ1) is 7.97. The highest BCUT2D eigenvalue weighted by atomic mass is 19.4. The molecule has 0 radical (unpaired) electrons. The van der Waals surface area contributed by atoms with Crippen LogP contribution in [0.15, 0.2) is 24.3 Å². The Kier molecular flexibility index (Phi) is 3.43. The van der Waals surface area contributed by atoms with Crippen LogP contribution in [0.1, 0.15) is 30.4 Å². The summed E-state index contributed by atoms with van der Waals surface area (Å²) in [6, 6.07) is 5.71. The van der Waals surface area contributed by atoms with E-state index in [2.05, 4.69) is 0 Å². The highest BCUT2D eigenvalue weighted by Gasteiger charge is 2.31. The first-order valence-electron chi connectivity index (χ1n) is 5.88. The molecule has 0 spiro atoms. The standard InChI is InChI=1S/C13H16F3N/c14-13(15,16)11-5-1-3-9(8-11)7-10-4-2-6-12(10)17/h1,3,5,8,10,12H,2,4,6-7,17H2. The Morgan fingerprint density at radius 2 is 2.00 bits per heavy atom. The molecule has 1 fully saturated rings. The largest absolute Gasteiger partial charge is 0.416 e. The summed E-state index contributed by atoms with van der Waals surface area (Å²) in [6.07, 6.45) is -0.495. The molecule has 1 aromatic rings. The molecular formula is C13H16F3N. The van der Waals surface area contributed by atoms with Crippen molar-refractivity contribution in [2.75, 3.05) is 0 Å². The number of hydrogen-bond acceptors (Lipinski definition) is 1. The molecular weight excluding hydrogens is 227 g/mol. The topological polar surface area (TPSA) is 26.0 Å². The third-order valence-corrected chi connectivity index (χ3v) is 3.47. The second-order valence-corrected chi connectivity index (χ2v) is 4.76. The fourth-order valence-electron chi connectivity index (χ4n) is 2.50. The van der Waals surface area contributed by atoms with Gasteiger partial charge in [-0.15, -0.1) is 0 Å². The van der Waals surface area contributed by atoms with E-state index in [0.717, 1.165) is 30.9 Å². The number of alkyl halides is 3. The van der Waals surface area contributed by atoms with Gasteiger partial charge in [0.2, 0.25) is 0 Å². The first-order valence-corrected chi connectivity index (χ1v) is 5.88. The number of benzene rings is 1. The van der Waals surface area contributed by atoms with Crippen molar-refractivity contribution >= 4 is 0 Å². The normalized spacial score (nSPS) is 25.2. The van der Waals surface area contributed by atoms with E-state index >= 15 is 0 Å². The van der Waals surface area contributed by atoms with Crippen LogP contribution < -0.4 is 5.73 Å². The molecule has 0 bridgehead atoms. The van der Waals surface area contributed by atoms with E-state index in [4.69, 9.17) is 5.73 Å². The summed E-state index contributed by atoms with van der Waals surface area (Å²) in [7, 11) is 0. The van der Waals surface area contributed by atoms with Crippen LogP contribution in [0.3, 0.4) is 0 Å². The molecule has 2 N–H and O–H groups in total. The molecule has 0 aromatic heterocycles. The van der Waals surface area contributed by atoms with Crippen molar-refractivity contribution in [3.05, 3.63) is 35.4 Å². The van der Waals surface area contributed by atoms with Crippen LogP contribution in [0.25, 0.3) is 0 Å². The van der Waals surface area contributed by atoms with E-state index in [1.807, 2.05) is 0 Å². The van der Waals surface area contributed by atoms with Gasteiger partial charge in [-0.2, -0.15) is 13.2 Å². The summed E-state index contributed by atoms with van der Waals surface area (Å²) in [6.45, 7) is 0. The van der Waals surface area contributed by atoms with Crippen LogP contribution in [-0.2, 0) is 12.6 Å². The van der Waals surface area contributed by atoms with Gasteiger partial charge in [-0.05, 0) is 36.8 Å². The number of halogens is 3. The maximum absolute atomic E-state index is 12.5. The molecule has 1 saturated carbocycles. The monoisotopic (exact) mass is 243 g/mol. The lowest BCUT2D eigenvalue weighted by Gasteiger charge is -2.16. The number of rotatable bonds is 2. The van der Waals surface area contributed by atoms with E-state index < -0.39 is 11.7 Å². The summed E-state index contributed by atoms with van der Waals surface area (Å²) >= 11 is 0. The molecule has 0 aliphatic heterocycles. The smallest absolute Gasteiger partial charge is 0.327 e. The van der Waals surface area contributed by atoms with Gasteiger partial charge in [0, 0.05) is 6.04 Å². The molecule has 1 nitrogen and oxygen atoms in total. The van der Waals surface area contributed by atoms with Gasteiger partial charge in [0.25, 0.3) is 0 Å². The third kappa shape index (κ3) is 3.00. The summed E-state index contributed by atoms with van der Waals surface area (Å²) in [5.41, 5.74) is 6.10. The Bertz CT molecular complexity index is 386. The second kappa shape index (κ2) is 4.69. The van der Waals surface area contributed by atoms with Crippen molar-refractivity contribution < 1.29 is 13.2 Å². The van der Waals surface area contributed by atoms with Gasteiger partial charge in [0.1, 0.15) is 0 Å². The highest BCUT2D eigenvalue weighted by molar-refractivity contribution is 5.26. The molecule has 1 aliphatic carbocycles. The Hall–Kier alpha value is -1.03. The molecule has 2 atom stereocenters. The minimum Gasteiger partial charge on any atom is -0.327 e. The van der Waals surface area contributed by atoms with Crippen molar-refractivity contribution in [3.63, 3.8) is 0 Å². The van der Waals surface area contributed by atoms with Crippen molar-refractivity contribution in [3.8, 4) is 0 Å². The molecule has 2 unspecified atom stereocenters. The van der Waals surface area contributed by atoms with Crippen molar-refractivity contribution in [2.45, 2.75) is 37.9 Å². The van der Waals surface area contributed by atoms with E-state index in [1.165, 1.54) is 12.1 Å². The van der Waals surface area contributed by atoms with Crippen LogP contribution in [-0.4, -0.2) is 6.04 Å². The summed E-state index contributed by atoms with van der Waals surface area (Å²) in [4.78, 5) is 0. The maximum Gasteiger partial charge on any atom is 0.416 e. The molecule has 17 heavy (non-hydrogen) atoms. The zero-order valence-corrected chi connectivity index (χ0v) is 9.50. The summed E-state index contributed by atoms with van der Waals surface area (Å²) < 4.78 is 37.6. The van der Waals surface area contributed by atoms with Crippen LogP contribution in [0.4, 0.5) is 13.2 Å². The number of nitrogens with two attached hydrogens (primary N) is 1. The zero-order valence-electron chi connectivity index (χ0n) is 9.50.